The lowest BCUT2D eigenvalue weighted by Gasteiger charge is -2.14. The topological polar surface area (TPSA) is 140 Å². The van der Waals surface area contributed by atoms with Crippen molar-refractivity contribution >= 4 is 40.7 Å². The number of nitrogens with one attached hydrogen (secondary N) is 2. The van der Waals surface area contributed by atoms with Gasteiger partial charge in [0.2, 0.25) is 5.91 Å². The molecule has 3 aromatic rings. The molecule has 1 unspecified atom stereocenters. The van der Waals surface area contributed by atoms with Gasteiger partial charge in [-0.05, 0) is 60.7 Å². The molecule has 0 spiro atoms. The quantitative estimate of drug-likeness (QED) is 0.246. The molecule has 1 atom stereocenters. The molecule has 10 heteroatoms. The highest BCUT2D eigenvalue weighted by atomic mass is 32.1. The van der Waals surface area contributed by atoms with Crippen LogP contribution in [0.2, 0.25) is 0 Å². The van der Waals surface area contributed by atoms with Crippen molar-refractivity contribution in [3.63, 3.8) is 0 Å². The van der Waals surface area contributed by atoms with Gasteiger partial charge in [0.05, 0.1) is 22.9 Å². The maximum Gasteiger partial charge on any atom is 0.258 e. The molecule has 0 bridgehead atoms. The van der Waals surface area contributed by atoms with Gasteiger partial charge in [0.1, 0.15) is 11.8 Å². The van der Waals surface area contributed by atoms with E-state index in [0.717, 1.165) is 0 Å². The van der Waals surface area contributed by atoms with E-state index >= 15 is 0 Å². The van der Waals surface area contributed by atoms with E-state index in [9.17, 15) is 14.4 Å². The fourth-order valence-corrected chi connectivity index (χ4v) is 2.93. The van der Waals surface area contributed by atoms with Gasteiger partial charge in [0.25, 0.3) is 5.91 Å². The Kier molecular flexibility index (Phi) is 7.58. The summed E-state index contributed by atoms with van der Waals surface area (Å²) in [6.07, 6.45) is 3.25. The lowest BCUT2D eigenvalue weighted by atomic mass is 10.0. The number of hydrogen-bond donors (Lipinski definition) is 3. The Labute approximate surface area is 188 Å². The summed E-state index contributed by atoms with van der Waals surface area (Å²) in [4.78, 5) is 46.9. The number of nitrogens with zero attached hydrogens (tertiary/aromatic N) is 2. The highest BCUT2D eigenvalue weighted by Gasteiger charge is 2.20. The number of H-pyrrole nitrogens is 1. The zero-order chi connectivity index (χ0) is 22.9. The Hall–Kier alpha value is -4.14. The highest BCUT2D eigenvalue weighted by molar-refractivity contribution is 7.78. The molecule has 9 nitrogen and oxygen atoms in total. The Morgan fingerprint density at radius 1 is 1.12 bits per heavy atom. The minimum Gasteiger partial charge on any atom is -0.484 e. The number of nitrogens with two attached hydrogens (primary N) is 1. The van der Waals surface area contributed by atoms with Crippen LogP contribution in [0.15, 0.2) is 66.0 Å². The number of benzene rings is 2. The first-order valence-corrected chi connectivity index (χ1v) is 9.89. The zero-order valence-electron chi connectivity index (χ0n) is 16.8. The number of ketones is 1. The smallest absolute Gasteiger partial charge is 0.258 e. The minimum atomic E-state index is -0.907. The summed E-state index contributed by atoms with van der Waals surface area (Å²) in [5.74, 6) is -0.963. The number of aliphatic imine (C=N–C) groups is 1. The molecule has 0 saturated carbocycles. The number of primary amides is 1. The van der Waals surface area contributed by atoms with Crippen LogP contribution in [0, 0.1) is 0 Å². The third-order valence-electron chi connectivity index (χ3n) is 4.44. The van der Waals surface area contributed by atoms with E-state index < -0.39 is 17.9 Å². The molecule has 4 N–H and O–H groups in total. The van der Waals surface area contributed by atoms with Crippen LogP contribution < -0.4 is 15.8 Å². The van der Waals surface area contributed by atoms with Crippen molar-refractivity contribution in [1.29, 1.82) is 0 Å². The fraction of sp³-hybridized carbons (Fsp3) is 0.136. The molecule has 0 aliphatic rings. The molecule has 0 saturated heterocycles. The van der Waals surface area contributed by atoms with E-state index in [0.29, 0.717) is 28.3 Å². The first-order chi connectivity index (χ1) is 15.5. The number of ether oxygens (including phenoxy) is 1. The number of hydrogen-bond acceptors (Lipinski definition) is 7. The van der Waals surface area contributed by atoms with Crippen molar-refractivity contribution in [1.82, 2.24) is 15.3 Å². The average Bonchev–Trinajstić information content (AvgIpc) is 3.31. The van der Waals surface area contributed by atoms with Gasteiger partial charge in [-0.25, -0.2) is 4.98 Å². The van der Waals surface area contributed by atoms with Gasteiger partial charge >= 0.3 is 0 Å². The third kappa shape index (κ3) is 6.18. The highest BCUT2D eigenvalue weighted by Crippen LogP contribution is 2.18. The van der Waals surface area contributed by atoms with Crippen LogP contribution in [0.3, 0.4) is 0 Å². The summed E-state index contributed by atoms with van der Waals surface area (Å²) in [7, 11) is 0. The molecule has 0 aliphatic heterocycles. The maximum atomic E-state index is 12.6. The van der Waals surface area contributed by atoms with Gasteiger partial charge < -0.3 is 20.8 Å². The molecule has 162 valence electrons. The second-order valence-corrected chi connectivity index (χ2v) is 6.86. The van der Waals surface area contributed by atoms with Crippen molar-refractivity contribution in [2.75, 3.05) is 6.61 Å². The molecule has 2 amide bonds. The van der Waals surface area contributed by atoms with Crippen LogP contribution in [0.1, 0.15) is 21.6 Å². The lowest BCUT2D eigenvalue weighted by Crippen LogP contribution is -2.47. The van der Waals surface area contributed by atoms with E-state index in [-0.39, 0.29) is 18.8 Å². The molecule has 0 aliphatic carbocycles. The maximum absolute atomic E-state index is 12.6. The lowest BCUT2D eigenvalue weighted by molar-refractivity contribution is -0.128. The van der Waals surface area contributed by atoms with Crippen molar-refractivity contribution < 1.29 is 19.1 Å². The van der Waals surface area contributed by atoms with Gasteiger partial charge in [0.15, 0.2) is 12.4 Å². The number of aromatic nitrogens is 2. The van der Waals surface area contributed by atoms with Gasteiger partial charge in [-0.2, -0.15) is 4.99 Å². The molecular formula is C22H19N5O4S. The fourth-order valence-electron chi connectivity index (χ4n) is 2.83. The van der Waals surface area contributed by atoms with Crippen LogP contribution in [0.25, 0.3) is 0 Å². The van der Waals surface area contributed by atoms with Crippen molar-refractivity contribution in [2.24, 2.45) is 10.7 Å². The minimum absolute atomic E-state index is 0.167. The van der Waals surface area contributed by atoms with E-state index in [1.54, 1.807) is 54.7 Å². The van der Waals surface area contributed by atoms with Crippen LogP contribution >= 0.6 is 12.2 Å². The summed E-state index contributed by atoms with van der Waals surface area (Å²) < 4.78 is 5.44. The van der Waals surface area contributed by atoms with Crippen molar-refractivity contribution in [3.05, 3.63) is 77.9 Å². The van der Waals surface area contributed by atoms with E-state index in [2.05, 4.69) is 37.7 Å². The SMILES string of the molecule is NC(=O)C(Cc1c[nH]cn1)NC(=O)COc1ccc(C(=O)c2ccc(N=C=S)cc2)cc1. The number of carbonyl (C=O) groups excluding carboxylic acids is 3. The van der Waals surface area contributed by atoms with Crippen LogP contribution in [-0.4, -0.2) is 45.4 Å². The Morgan fingerprint density at radius 2 is 1.78 bits per heavy atom. The average molecular weight is 449 g/mol. The van der Waals surface area contributed by atoms with E-state index in [4.69, 9.17) is 10.5 Å². The van der Waals surface area contributed by atoms with Crippen LogP contribution in [-0.2, 0) is 16.0 Å². The van der Waals surface area contributed by atoms with Crippen molar-refractivity contribution in [2.45, 2.75) is 12.5 Å². The number of aromatic amines is 1. The molecule has 3 rings (SSSR count). The molecular weight excluding hydrogens is 430 g/mol. The summed E-state index contributed by atoms with van der Waals surface area (Å²) in [6, 6.07) is 12.1. The summed E-state index contributed by atoms with van der Waals surface area (Å²) in [5.41, 5.74) is 7.51. The first kappa shape index (κ1) is 22.5. The van der Waals surface area contributed by atoms with Gasteiger partial charge in [0, 0.05) is 23.7 Å². The summed E-state index contributed by atoms with van der Waals surface area (Å²) in [5, 5.41) is 4.79. The predicted molar refractivity (Wildman–Crippen MR) is 120 cm³/mol. The van der Waals surface area contributed by atoms with Gasteiger partial charge in [-0.3, -0.25) is 14.4 Å². The van der Waals surface area contributed by atoms with Gasteiger partial charge in [-0.15, -0.1) is 0 Å². The van der Waals surface area contributed by atoms with Crippen molar-refractivity contribution in [3.8, 4) is 5.75 Å². The second-order valence-electron chi connectivity index (χ2n) is 6.68. The van der Waals surface area contributed by atoms with Gasteiger partial charge in [-0.1, -0.05) is 0 Å². The van der Waals surface area contributed by atoms with E-state index in [1.807, 2.05) is 0 Å². The number of thiocarbonyl (C=S) groups is 1. The molecule has 1 heterocycles. The first-order valence-electron chi connectivity index (χ1n) is 9.48. The third-order valence-corrected chi connectivity index (χ3v) is 4.53. The van der Waals surface area contributed by atoms with Crippen LogP contribution in [0.4, 0.5) is 5.69 Å². The van der Waals surface area contributed by atoms with E-state index in [1.165, 1.54) is 6.33 Å². The molecule has 2 aromatic carbocycles. The predicted octanol–water partition coefficient (Wildman–Crippen LogP) is 1.97. The second kappa shape index (κ2) is 10.8. The molecule has 32 heavy (non-hydrogen) atoms. The molecule has 0 radical (unpaired) electrons. The zero-order valence-corrected chi connectivity index (χ0v) is 17.6. The number of imidazole rings is 1. The monoisotopic (exact) mass is 449 g/mol. The number of amides is 2. The number of rotatable bonds is 10. The molecule has 0 fully saturated rings. The number of carbonyl (C=O) groups is 3. The Morgan fingerprint density at radius 3 is 2.34 bits per heavy atom. The number of isothiocyanates is 1. The summed E-state index contributed by atoms with van der Waals surface area (Å²) in [6.45, 7) is -0.320. The van der Waals surface area contributed by atoms with Crippen LogP contribution in [0.5, 0.6) is 5.75 Å². The normalized spacial score (nSPS) is 11.1. The summed E-state index contributed by atoms with van der Waals surface area (Å²) >= 11 is 4.55. The largest absolute Gasteiger partial charge is 0.484 e. The molecule has 1 aromatic heterocycles. The Balaban J connectivity index is 1.54. The standard InChI is InChI=1S/C22H19N5O4S/c23-22(30)19(9-17-10-24-12-25-17)27-20(28)11-31-18-7-3-15(4-8-18)21(29)14-1-5-16(6-2-14)26-13-32/h1-8,10,12,19H,9,11H2,(H2,23,30)(H,24,25)(H,27,28). The Bertz CT molecular complexity index is 1140.